The zero-order chi connectivity index (χ0) is 11.2. The van der Waals surface area contributed by atoms with Gasteiger partial charge in [-0.2, -0.15) is 0 Å². The molecule has 0 aliphatic carbocycles. The maximum atomic E-state index is 8.70. The SMILES string of the molecule is OCCCc1cn(Cc2cnccn2)nn1. The third kappa shape index (κ3) is 2.83. The Morgan fingerprint density at radius 2 is 2.19 bits per heavy atom. The highest BCUT2D eigenvalue weighted by Crippen LogP contribution is 2.00. The zero-order valence-electron chi connectivity index (χ0n) is 8.82. The number of hydrogen-bond acceptors (Lipinski definition) is 5. The van der Waals surface area contributed by atoms with E-state index in [0.29, 0.717) is 13.0 Å². The van der Waals surface area contributed by atoms with Crippen LogP contribution in [0.3, 0.4) is 0 Å². The molecule has 2 heterocycles. The normalized spacial score (nSPS) is 10.6. The molecule has 0 aromatic carbocycles. The monoisotopic (exact) mass is 219 g/mol. The van der Waals surface area contributed by atoms with Crippen LogP contribution in [0.1, 0.15) is 17.8 Å². The van der Waals surface area contributed by atoms with Crippen molar-refractivity contribution in [3.63, 3.8) is 0 Å². The summed E-state index contributed by atoms with van der Waals surface area (Å²) < 4.78 is 1.72. The molecule has 6 heteroatoms. The second-order valence-electron chi connectivity index (χ2n) is 3.43. The van der Waals surface area contributed by atoms with E-state index in [2.05, 4.69) is 20.3 Å². The highest BCUT2D eigenvalue weighted by molar-refractivity contribution is 4.98. The molecule has 0 saturated heterocycles. The minimum atomic E-state index is 0.178. The fraction of sp³-hybridized carbons (Fsp3) is 0.400. The molecule has 0 spiro atoms. The molecular weight excluding hydrogens is 206 g/mol. The van der Waals surface area contributed by atoms with Gasteiger partial charge in [0.15, 0.2) is 0 Å². The minimum Gasteiger partial charge on any atom is -0.396 e. The maximum absolute atomic E-state index is 8.70. The number of aliphatic hydroxyl groups excluding tert-OH is 1. The van der Waals surface area contributed by atoms with Crippen molar-refractivity contribution in [2.45, 2.75) is 19.4 Å². The van der Waals surface area contributed by atoms with Gasteiger partial charge in [-0.15, -0.1) is 5.10 Å². The first-order valence-electron chi connectivity index (χ1n) is 5.13. The van der Waals surface area contributed by atoms with Gasteiger partial charge in [0.1, 0.15) is 0 Å². The van der Waals surface area contributed by atoms with Crippen molar-refractivity contribution in [1.82, 2.24) is 25.0 Å². The van der Waals surface area contributed by atoms with Gasteiger partial charge in [-0.25, -0.2) is 4.68 Å². The quantitative estimate of drug-likeness (QED) is 0.768. The van der Waals surface area contributed by atoms with E-state index in [1.54, 1.807) is 23.3 Å². The zero-order valence-corrected chi connectivity index (χ0v) is 8.82. The van der Waals surface area contributed by atoms with Crippen molar-refractivity contribution in [3.05, 3.63) is 36.2 Å². The summed E-state index contributed by atoms with van der Waals surface area (Å²) in [5.41, 5.74) is 1.74. The number of nitrogens with zero attached hydrogens (tertiary/aromatic N) is 5. The Hall–Kier alpha value is -1.82. The molecule has 2 rings (SSSR count). The van der Waals surface area contributed by atoms with Crippen molar-refractivity contribution in [2.75, 3.05) is 6.61 Å². The van der Waals surface area contributed by atoms with E-state index < -0.39 is 0 Å². The Balaban J connectivity index is 1.97. The van der Waals surface area contributed by atoms with Gasteiger partial charge in [0.05, 0.1) is 24.1 Å². The van der Waals surface area contributed by atoms with Crippen LogP contribution in [-0.2, 0) is 13.0 Å². The molecule has 1 N–H and O–H groups in total. The Morgan fingerprint density at radius 1 is 1.25 bits per heavy atom. The van der Waals surface area contributed by atoms with Crippen LogP contribution in [0.5, 0.6) is 0 Å². The molecule has 0 aliphatic rings. The van der Waals surface area contributed by atoms with Crippen LogP contribution in [-0.4, -0.2) is 36.7 Å². The minimum absolute atomic E-state index is 0.178. The first kappa shape index (κ1) is 10.7. The molecule has 2 aromatic rings. The van der Waals surface area contributed by atoms with Gasteiger partial charge in [-0.05, 0) is 12.8 Å². The van der Waals surface area contributed by atoms with E-state index in [0.717, 1.165) is 17.8 Å². The largest absolute Gasteiger partial charge is 0.396 e. The predicted octanol–water partition coefficient (Wildman–Crippen LogP) is 0.0413. The van der Waals surface area contributed by atoms with Gasteiger partial charge in [0, 0.05) is 25.2 Å². The van der Waals surface area contributed by atoms with Gasteiger partial charge < -0.3 is 5.11 Å². The third-order valence-electron chi connectivity index (χ3n) is 2.12. The average Bonchev–Trinajstić information content (AvgIpc) is 2.75. The standard InChI is InChI=1S/C10H13N5O/c16-5-1-2-9-7-15(14-13-9)8-10-6-11-3-4-12-10/h3-4,6-7,16H,1-2,5,8H2. The first-order valence-corrected chi connectivity index (χ1v) is 5.13. The molecule has 0 unspecified atom stereocenters. The maximum Gasteiger partial charge on any atom is 0.0864 e. The molecule has 0 saturated carbocycles. The van der Waals surface area contributed by atoms with Crippen molar-refractivity contribution in [1.29, 1.82) is 0 Å². The lowest BCUT2D eigenvalue weighted by Crippen LogP contribution is -2.02. The molecule has 16 heavy (non-hydrogen) atoms. The van der Waals surface area contributed by atoms with Crippen LogP contribution in [0, 0.1) is 0 Å². The van der Waals surface area contributed by atoms with E-state index in [1.165, 1.54) is 0 Å². The van der Waals surface area contributed by atoms with Crippen LogP contribution in [0.4, 0.5) is 0 Å². The van der Waals surface area contributed by atoms with Crippen LogP contribution in [0.2, 0.25) is 0 Å². The Bertz CT molecular complexity index is 428. The number of aliphatic hydroxyl groups is 1. The highest BCUT2D eigenvalue weighted by atomic mass is 16.2. The van der Waals surface area contributed by atoms with E-state index in [-0.39, 0.29) is 6.61 Å². The number of rotatable bonds is 5. The first-order chi connectivity index (χ1) is 7.88. The fourth-order valence-corrected chi connectivity index (χ4v) is 1.37. The molecule has 84 valence electrons. The van der Waals surface area contributed by atoms with Crippen molar-refractivity contribution >= 4 is 0 Å². The third-order valence-corrected chi connectivity index (χ3v) is 2.12. The second-order valence-corrected chi connectivity index (χ2v) is 3.43. The van der Waals surface area contributed by atoms with Gasteiger partial charge in [0.2, 0.25) is 0 Å². The van der Waals surface area contributed by atoms with E-state index in [9.17, 15) is 0 Å². The lowest BCUT2D eigenvalue weighted by Gasteiger charge is -1.97. The average molecular weight is 219 g/mol. The number of aryl methyl sites for hydroxylation is 1. The number of hydrogen-bond donors (Lipinski definition) is 1. The predicted molar refractivity (Wildman–Crippen MR) is 56.6 cm³/mol. The van der Waals surface area contributed by atoms with Crippen LogP contribution in [0.25, 0.3) is 0 Å². The number of aromatic nitrogens is 5. The van der Waals surface area contributed by atoms with Crippen LogP contribution < -0.4 is 0 Å². The summed E-state index contributed by atoms with van der Waals surface area (Å²) in [6.07, 6.45) is 8.32. The highest BCUT2D eigenvalue weighted by Gasteiger charge is 2.01. The van der Waals surface area contributed by atoms with Crippen molar-refractivity contribution in [3.8, 4) is 0 Å². The summed E-state index contributed by atoms with van der Waals surface area (Å²) in [6, 6.07) is 0. The van der Waals surface area contributed by atoms with Gasteiger partial charge in [-0.1, -0.05) is 5.21 Å². The van der Waals surface area contributed by atoms with E-state index >= 15 is 0 Å². The molecule has 0 aliphatic heterocycles. The topological polar surface area (TPSA) is 76.7 Å². The van der Waals surface area contributed by atoms with Crippen LogP contribution >= 0.6 is 0 Å². The summed E-state index contributed by atoms with van der Waals surface area (Å²) in [5, 5.41) is 16.7. The smallest absolute Gasteiger partial charge is 0.0864 e. The van der Waals surface area contributed by atoms with Crippen molar-refractivity contribution in [2.24, 2.45) is 0 Å². The summed E-state index contributed by atoms with van der Waals surface area (Å²) in [5.74, 6) is 0. The Morgan fingerprint density at radius 3 is 2.94 bits per heavy atom. The molecular formula is C10H13N5O. The Kier molecular flexibility index (Phi) is 3.55. The summed E-state index contributed by atoms with van der Waals surface area (Å²) >= 11 is 0. The lowest BCUT2D eigenvalue weighted by atomic mass is 10.3. The van der Waals surface area contributed by atoms with Gasteiger partial charge in [0.25, 0.3) is 0 Å². The summed E-state index contributed by atoms with van der Waals surface area (Å²) in [6.45, 7) is 0.747. The van der Waals surface area contributed by atoms with E-state index in [4.69, 9.17) is 5.11 Å². The molecule has 0 radical (unpaired) electrons. The van der Waals surface area contributed by atoms with Crippen LogP contribution in [0.15, 0.2) is 24.8 Å². The molecule has 2 aromatic heterocycles. The molecule has 6 nitrogen and oxygen atoms in total. The summed E-state index contributed by atoms with van der Waals surface area (Å²) in [4.78, 5) is 8.13. The van der Waals surface area contributed by atoms with E-state index in [1.807, 2.05) is 6.20 Å². The summed E-state index contributed by atoms with van der Waals surface area (Å²) in [7, 11) is 0. The Labute approximate surface area is 93.0 Å². The lowest BCUT2D eigenvalue weighted by molar-refractivity contribution is 0.288. The second kappa shape index (κ2) is 5.32. The molecule has 0 amide bonds. The molecule has 0 atom stereocenters. The molecule has 0 fully saturated rings. The van der Waals surface area contributed by atoms with Gasteiger partial charge in [-0.3, -0.25) is 9.97 Å². The fourth-order valence-electron chi connectivity index (χ4n) is 1.37. The van der Waals surface area contributed by atoms with Gasteiger partial charge >= 0.3 is 0 Å². The van der Waals surface area contributed by atoms with Crippen molar-refractivity contribution < 1.29 is 5.11 Å². The molecule has 0 bridgehead atoms.